The number of benzene rings is 1. The topological polar surface area (TPSA) is 32.3 Å². The number of carbonyl (C=O) groups excluding carboxylic acids is 1. The molecule has 1 aliphatic heterocycles. The van der Waals surface area contributed by atoms with Crippen molar-refractivity contribution in [1.82, 2.24) is 10.2 Å². The molecule has 1 saturated heterocycles. The summed E-state index contributed by atoms with van der Waals surface area (Å²) in [5, 5.41) is 3.30. The Hall–Kier alpha value is -0.870. The van der Waals surface area contributed by atoms with E-state index in [2.05, 4.69) is 21.2 Å². The summed E-state index contributed by atoms with van der Waals surface area (Å²) in [5.74, 6) is 0.749. The Labute approximate surface area is 117 Å². The maximum Gasteiger partial charge on any atom is 0.222 e. The van der Waals surface area contributed by atoms with Gasteiger partial charge in [-0.3, -0.25) is 4.79 Å². The van der Waals surface area contributed by atoms with Crippen LogP contribution < -0.4 is 5.32 Å². The monoisotopic (exact) mass is 310 g/mol. The normalized spacial score (nSPS) is 18.9. The molecule has 1 aliphatic rings. The first kappa shape index (κ1) is 13.6. The van der Waals surface area contributed by atoms with Gasteiger partial charge >= 0.3 is 0 Å². The van der Waals surface area contributed by atoms with Crippen LogP contribution in [0.25, 0.3) is 0 Å². The molecule has 1 amide bonds. The zero-order valence-electron chi connectivity index (χ0n) is 10.7. The Balaban J connectivity index is 1.89. The molecule has 3 nitrogen and oxygen atoms in total. The molecule has 1 aromatic carbocycles. The summed E-state index contributed by atoms with van der Waals surface area (Å²) in [6, 6.07) is 8.04. The minimum Gasteiger partial charge on any atom is -0.341 e. The van der Waals surface area contributed by atoms with Gasteiger partial charge < -0.3 is 10.2 Å². The predicted molar refractivity (Wildman–Crippen MR) is 76.2 cm³/mol. The van der Waals surface area contributed by atoms with Crippen LogP contribution in [0, 0.1) is 5.92 Å². The van der Waals surface area contributed by atoms with Crippen LogP contribution in [0.3, 0.4) is 0 Å². The lowest BCUT2D eigenvalue weighted by Gasteiger charge is -2.19. The zero-order chi connectivity index (χ0) is 13.0. The first-order chi connectivity index (χ1) is 8.66. The van der Waals surface area contributed by atoms with E-state index in [0.717, 1.165) is 29.5 Å². The average molecular weight is 311 g/mol. The SMILES string of the molecule is CN(Cc1ccccc1Br)C(=O)C[C@H]1CCNC1. The van der Waals surface area contributed by atoms with Crippen LogP contribution in [0.15, 0.2) is 28.7 Å². The lowest BCUT2D eigenvalue weighted by molar-refractivity contribution is -0.131. The fraction of sp³-hybridized carbons (Fsp3) is 0.500. The second-order valence-corrected chi connectivity index (χ2v) is 5.76. The Kier molecular flexibility index (Phi) is 4.78. The summed E-state index contributed by atoms with van der Waals surface area (Å²) in [6.45, 7) is 2.70. The Morgan fingerprint density at radius 1 is 1.50 bits per heavy atom. The van der Waals surface area contributed by atoms with Crippen LogP contribution in [-0.4, -0.2) is 30.9 Å². The van der Waals surface area contributed by atoms with Crippen molar-refractivity contribution in [2.45, 2.75) is 19.4 Å². The number of halogens is 1. The average Bonchev–Trinajstić information content (AvgIpc) is 2.84. The molecule has 18 heavy (non-hydrogen) atoms. The highest BCUT2D eigenvalue weighted by Crippen LogP contribution is 2.19. The number of nitrogens with one attached hydrogen (secondary N) is 1. The summed E-state index contributed by atoms with van der Waals surface area (Å²) in [7, 11) is 1.88. The number of hydrogen-bond acceptors (Lipinski definition) is 2. The summed E-state index contributed by atoms with van der Waals surface area (Å²) in [5.41, 5.74) is 1.15. The van der Waals surface area contributed by atoms with E-state index in [4.69, 9.17) is 0 Å². The van der Waals surface area contributed by atoms with Crippen molar-refractivity contribution in [1.29, 1.82) is 0 Å². The second-order valence-electron chi connectivity index (χ2n) is 4.90. The van der Waals surface area contributed by atoms with Crippen molar-refractivity contribution in [2.24, 2.45) is 5.92 Å². The molecule has 0 radical (unpaired) electrons. The largest absolute Gasteiger partial charge is 0.341 e. The van der Waals surface area contributed by atoms with Crippen LogP contribution >= 0.6 is 15.9 Å². The molecule has 1 fully saturated rings. The summed E-state index contributed by atoms with van der Waals surface area (Å²) < 4.78 is 1.06. The van der Waals surface area contributed by atoms with Gasteiger partial charge in [-0.15, -0.1) is 0 Å². The highest BCUT2D eigenvalue weighted by Gasteiger charge is 2.20. The maximum atomic E-state index is 12.1. The molecule has 1 N–H and O–H groups in total. The van der Waals surface area contributed by atoms with Gasteiger partial charge in [0.25, 0.3) is 0 Å². The first-order valence-electron chi connectivity index (χ1n) is 6.35. The Morgan fingerprint density at radius 3 is 2.94 bits per heavy atom. The quantitative estimate of drug-likeness (QED) is 0.926. The first-order valence-corrected chi connectivity index (χ1v) is 7.14. The van der Waals surface area contributed by atoms with E-state index in [-0.39, 0.29) is 5.91 Å². The van der Waals surface area contributed by atoms with E-state index in [1.807, 2.05) is 36.2 Å². The van der Waals surface area contributed by atoms with Gasteiger partial charge in [0.05, 0.1) is 0 Å². The molecule has 0 bridgehead atoms. The van der Waals surface area contributed by atoms with Gasteiger partial charge in [-0.05, 0) is 37.1 Å². The molecular weight excluding hydrogens is 292 g/mol. The third kappa shape index (κ3) is 3.56. The van der Waals surface area contributed by atoms with Gasteiger partial charge in [-0.25, -0.2) is 0 Å². The van der Waals surface area contributed by atoms with Crippen molar-refractivity contribution >= 4 is 21.8 Å². The maximum absolute atomic E-state index is 12.1. The predicted octanol–water partition coefficient (Wildman–Crippen LogP) is 2.41. The molecule has 0 saturated carbocycles. The van der Waals surface area contributed by atoms with Crippen LogP contribution in [0.5, 0.6) is 0 Å². The Bertz CT molecular complexity index is 416. The van der Waals surface area contributed by atoms with Crippen molar-refractivity contribution in [3.63, 3.8) is 0 Å². The van der Waals surface area contributed by atoms with Crippen LogP contribution in [0.1, 0.15) is 18.4 Å². The van der Waals surface area contributed by atoms with E-state index in [1.165, 1.54) is 0 Å². The summed E-state index contributed by atoms with van der Waals surface area (Å²) >= 11 is 3.51. The van der Waals surface area contributed by atoms with Crippen molar-refractivity contribution in [3.8, 4) is 0 Å². The standard InChI is InChI=1S/C14H19BrN2O/c1-17(10-12-4-2-3-5-13(12)15)14(18)8-11-6-7-16-9-11/h2-5,11,16H,6-10H2,1H3/t11-/m1/s1. The van der Waals surface area contributed by atoms with Gasteiger partial charge in [-0.2, -0.15) is 0 Å². The molecule has 98 valence electrons. The van der Waals surface area contributed by atoms with E-state index < -0.39 is 0 Å². The highest BCUT2D eigenvalue weighted by atomic mass is 79.9. The molecule has 0 aliphatic carbocycles. The molecule has 2 rings (SSSR count). The number of hydrogen-bond donors (Lipinski definition) is 1. The van der Waals surface area contributed by atoms with Gasteiger partial charge in [0.1, 0.15) is 0 Å². The molecular formula is C14H19BrN2O. The smallest absolute Gasteiger partial charge is 0.222 e. The number of amides is 1. The van der Waals surface area contributed by atoms with E-state index in [0.29, 0.717) is 18.9 Å². The lowest BCUT2D eigenvalue weighted by atomic mass is 10.0. The third-order valence-corrected chi connectivity index (χ3v) is 4.19. The van der Waals surface area contributed by atoms with E-state index in [1.54, 1.807) is 0 Å². The number of nitrogens with zero attached hydrogens (tertiary/aromatic N) is 1. The summed E-state index contributed by atoms with van der Waals surface area (Å²) in [6.07, 6.45) is 1.78. The van der Waals surface area contributed by atoms with Gasteiger partial charge in [0, 0.05) is 24.5 Å². The fourth-order valence-electron chi connectivity index (χ4n) is 2.26. The van der Waals surface area contributed by atoms with Gasteiger partial charge in [0.15, 0.2) is 0 Å². The number of rotatable bonds is 4. The minimum atomic E-state index is 0.236. The molecule has 0 unspecified atom stereocenters. The molecule has 1 heterocycles. The fourth-order valence-corrected chi connectivity index (χ4v) is 2.67. The molecule has 0 spiro atoms. The van der Waals surface area contributed by atoms with Crippen molar-refractivity contribution < 1.29 is 4.79 Å². The zero-order valence-corrected chi connectivity index (χ0v) is 12.2. The molecule has 0 aromatic heterocycles. The molecule has 1 aromatic rings. The minimum absolute atomic E-state index is 0.236. The van der Waals surface area contributed by atoms with Crippen LogP contribution in [0.2, 0.25) is 0 Å². The Morgan fingerprint density at radius 2 is 2.28 bits per heavy atom. The number of carbonyl (C=O) groups is 1. The lowest BCUT2D eigenvalue weighted by Crippen LogP contribution is -2.28. The molecule has 4 heteroatoms. The van der Waals surface area contributed by atoms with E-state index in [9.17, 15) is 4.79 Å². The van der Waals surface area contributed by atoms with Crippen LogP contribution in [0.4, 0.5) is 0 Å². The van der Waals surface area contributed by atoms with Crippen LogP contribution in [-0.2, 0) is 11.3 Å². The molecule has 1 atom stereocenters. The van der Waals surface area contributed by atoms with E-state index >= 15 is 0 Å². The van der Waals surface area contributed by atoms with Gasteiger partial charge in [-0.1, -0.05) is 34.1 Å². The second kappa shape index (κ2) is 6.34. The third-order valence-electron chi connectivity index (χ3n) is 3.42. The summed E-state index contributed by atoms with van der Waals surface area (Å²) in [4.78, 5) is 13.9. The van der Waals surface area contributed by atoms with Crippen molar-refractivity contribution in [3.05, 3.63) is 34.3 Å². The van der Waals surface area contributed by atoms with Gasteiger partial charge in [0.2, 0.25) is 5.91 Å². The van der Waals surface area contributed by atoms with Crippen molar-refractivity contribution in [2.75, 3.05) is 20.1 Å². The highest BCUT2D eigenvalue weighted by molar-refractivity contribution is 9.10.